The Morgan fingerprint density at radius 1 is 1.75 bits per heavy atom. The highest BCUT2D eigenvalue weighted by Crippen LogP contribution is 1.65. The zero-order valence-electron chi connectivity index (χ0n) is 5.06. The lowest BCUT2D eigenvalue weighted by molar-refractivity contribution is -0.116. The largest absolute Gasteiger partial charge is 0.355 e. The third kappa shape index (κ3) is 3.19. The molecule has 0 unspecified atom stereocenters. The summed E-state index contributed by atoms with van der Waals surface area (Å²) in [6, 6.07) is 0. The summed E-state index contributed by atoms with van der Waals surface area (Å²) in [6.45, 7) is 1.80. The maximum absolute atomic E-state index is 10.3. The minimum atomic E-state index is -0.122. The molecule has 0 rings (SSSR count). The highest BCUT2D eigenvalue weighted by Gasteiger charge is 1.81. The lowest BCUT2D eigenvalue weighted by atomic mass is 10.5. The van der Waals surface area contributed by atoms with Gasteiger partial charge in [0.05, 0.1) is 0 Å². The van der Waals surface area contributed by atoms with Gasteiger partial charge < -0.3 is 5.32 Å². The zero-order valence-corrected chi connectivity index (χ0v) is 5.06. The molecule has 0 aromatic carbocycles. The lowest BCUT2D eigenvalue weighted by Gasteiger charge is -1.82. The van der Waals surface area contributed by atoms with Crippen molar-refractivity contribution >= 4 is 5.91 Å². The van der Waals surface area contributed by atoms with Gasteiger partial charge in [0.25, 0.3) is 5.91 Å². The van der Waals surface area contributed by atoms with Crippen LogP contribution in [-0.4, -0.2) is 13.0 Å². The summed E-state index contributed by atoms with van der Waals surface area (Å²) >= 11 is 0. The van der Waals surface area contributed by atoms with Crippen molar-refractivity contribution in [1.29, 1.82) is 0 Å². The summed E-state index contributed by atoms with van der Waals surface area (Å²) in [7, 11) is 1.58. The SMILES string of the molecule is CC=C=CC(=O)NC. The molecule has 0 saturated carbocycles. The molecule has 0 heterocycles. The highest BCUT2D eigenvalue weighted by atomic mass is 16.1. The smallest absolute Gasteiger partial charge is 0.251 e. The predicted molar refractivity (Wildman–Crippen MR) is 32.4 cm³/mol. The second-order valence-corrected chi connectivity index (χ2v) is 1.21. The molecule has 0 saturated heterocycles. The Morgan fingerprint density at radius 2 is 2.38 bits per heavy atom. The molecule has 0 bridgehead atoms. The van der Waals surface area contributed by atoms with Crippen LogP contribution in [-0.2, 0) is 4.79 Å². The minimum absolute atomic E-state index is 0.122. The molecule has 44 valence electrons. The van der Waals surface area contributed by atoms with E-state index in [4.69, 9.17) is 0 Å². The van der Waals surface area contributed by atoms with E-state index in [1.807, 2.05) is 0 Å². The molecule has 0 aliphatic rings. The Kier molecular flexibility index (Phi) is 3.63. The van der Waals surface area contributed by atoms with Gasteiger partial charge in [0.1, 0.15) is 0 Å². The van der Waals surface area contributed by atoms with Crippen LogP contribution >= 0.6 is 0 Å². The third-order valence-electron chi connectivity index (χ3n) is 0.627. The van der Waals surface area contributed by atoms with E-state index in [0.29, 0.717) is 0 Å². The van der Waals surface area contributed by atoms with E-state index in [-0.39, 0.29) is 5.91 Å². The summed E-state index contributed by atoms with van der Waals surface area (Å²) in [6.07, 6.45) is 3.02. The molecular formula is C6H9NO. The number of nitrogens with one attached hydrogen (secondary N) is 1. The Morgan fingerprint density at radius 3 is 2.75 bits per heavy atom. The van der Waals surface area contributed by atoms with Crippen molar-refractivity contribution in [3.05, 3.63) is 17.9 Å². The first kappa shape index (κ1) is 6.99. The number of hydrogen-bond donors (Lipinski definition) is 1. The average Bonchev–Trinajstić information content (AvgIpc) is 1.83. The van der Waals surface area contributed by atoms with Gasteiger partial charge in [-0.2, -0.15) is 0 Å². The van der Waals surface area contributed by atoms with Crippen LogP contribution < -0.4 is 5.32 Å². The topological polar surface area (TPSA) is 29.1 Å². The Hall–Kier alpha value is -1.01. The van der Waals surface area contributed by atoms with Gasteiger partial charge in [0.15, 0.2) is 0 Å². The van der Waals surface area contributed by atoms with Crippen LogP contribution in [0.3, 0.4) is 0 Å². The van der Waals surface area contributed by atoms with Crippen LogP contribution in [0.25, 0.3) is 0 Å². The van der Waals surface area contributed by atoms with Crippen LogP contribution in [0.4, 0.5) is 0 Å². The van der Waals surface area contributed by atoms with Crippen LogP contribution in [0.5, 0.6) is 0 Å². The number of hydrogen-bond acceptors (Lipinski definition) is 1. The number of carbonyl (C=O) groups excluding carboxylic acids is 1. The fourth-order valence-corrected chi connectivity index (χ4v) is 0.231. The fourth-order valence-electron chi connectivity index (χ4n) is 0.231. The van der Waals surface area contributed by atoms with E-state index in [0.717, 1.165) is 0 Å². The molecular weight excluding hydrogens is 102 g/mol. The summed E-state index contributed by atoms with van der Waals surface area (Å²) in [5, 5.41) is 2.42. The van der Waals surface area contributed by atoms with E-state index < -0.39 is 0 Å². The first-order valence-electron chi connectivity index (χ1n) is 2.40. The molecule has 0 spiro atoms. The highest BCUT2D eigenvalue weighted by molar-refractivity contribution is 5.86. The van der Waals surface area contributed by atoms with Crippen molar-refractivity contribution in [2.75, 3.05) is 7.05 Å². The molecule has 0 atom stereocenters. The fraction of sp³-hybridized carbons (Fsp3) is 0.333. The summed E-state index contributed by atoms with van der Waals surface area (Å²) < 4.78 is 0. The van der Waals surface area contributed by atoms with Gasteiger partial charge in [-0.3, -0.25) is 4.79 Å². The van der Waals surface area contributed by atoms with Crippen LogP contribution in [0, 0.1) is 0 Å². The lowest BCUT2D eigenvalue weighted by Crippen LogP contribution is -2.13. The third-order valence-corrected chi connectivity index (χ3v) is 0.627. The second kappa shape index (κ2) is 4.16. The van der Waals surface area contributed by atoms with Crippen molar-refractivity contribution in [1.82, 2.24) is 5.32 Å². The first-order valence-corrected chi connectivity index (χ1v) is 2.40. The molecule has 0 aromatic heterocycles. The van der Waals surface area contributed by atoms with Gasteiger partial charge in [0.2, 0.25) is 0 Å². The quantitative estimate of drug-likeness (QED) is 0.386. The van der Waals surface area contributed by atoms with E-state index in [2.05, 4.69) is 11.0 Å². The van der Waals surface area contributed by atoms with Crippen molar-refractivity contribution < 1.29 is 4.79 Å². The Balaban J connectivity index is 3.71. The van der Waals surface area contributed by atoms with Gasteiger partial charge in [-0.15, -0.1) is 5.73 Å². The number of rotatable bonds is 1. The molecule has 8 heavy (non-hydrogen) atoms. The summed E-state index contributed by atoms with van der Waals surface area (Å²) in [5.74, 6) is -0.122. The standard InChI is InChI=1S/C6H9NO/c1-3-4-5-6(8)7-2/h3,5H,1-2H3,(H,7,8). The minimum Gasteiger partial charge on any atom is -0.355 e. The Labute approximate surface area is 48.9 Å². The Bertz CT molecular complexity index is 131. The maximum atomic E-state index is 10.3. The van der Waals surface area contributed by atoms with Gasteiger partial charge in [-0.05, 0) is 13.0 Å². The predicted octanol–water partition coefficient (Wildman–Crippen LogP) is 0.464. The molecule has 0 aliphatic carbocycles. The molecule has 1 N–H and O–H groups in total. The number of amides is 1. The van der Waals surface area contributed by atoms with Gasteiger partial charge >= 0.3 is 0 Å². The van der Waals surface area contributed by atoms with Gasteiger partial charge in [0, 0.05) is 13.1 Å². The van der Waals surface area contributed by atoms with Crippen molar-refractivity contribution in [2.45, 2.75) is 6.92 Å². The molecule has 0 radical (unpaired) electrons. The average molecular weight is 111 g/mol. The molecule has 2 heteroatoms. The number of carbonyl (C=O) groups is 1. The van der Waals surface area contributed by atoms with Gasteiger partial charge in [-0.1, -0.05) is 0 Å². The van der Waals surface area contributed by atoms with Crippen LogP contribution in [0.15, 0.2) is 17.9 Å². The van der Waals surface area contributed by atoms with Crippen molar-refractivity contribution in [2.24, 2.45) is 0 Å². The molecule has 2 nitrogen and oxygen atoms in total. The van der Waals surface area contributed by atoms with Gasteiger partial charge in [-0.25, -0.2) is 0 Å². The second-order valence-electron chi connectivity index (χ2n) is 1.21. The molecule has 0 aliphatic heterocycles. The van der Waals surface area contributed by atoms with Crippen LogP contribution in [0.1, 0.15) is 6.92 Å². The number of likely N-dealkylation sites (N-methyl/N-ethyl adjacent to an activating group) is 1. The summed E-state index contributed by atoms with van der Waals surface area (Å²) in [5.41, 5.74) is 2.64. The van der Waals surface area contributed by atoms with E-state index >= 15 is 0 Å². The van der Waals surface area contributed by atoms with E-state index in [1.54, 1.807) is 20.0 Å². The first-order chi connectivity index (χ1) is 3.81. The zero-order chi connectivity index (χ0) is 6.41. The molecule has 1 amide bonds. The molecule has 0 fully saturated rings. The normalized spacial score (nSPS) is 6.75. The van der Waals surface area contributed by atoms with E-state index in [1.165, 1.54) is 6.08 Å². The van der Waals surface area contributed by atoms with Crippen LogP contribution in [0.2, 0.25) is 0 Å². The summed E-state index contributed by atoms with van der Waals surface area (Å²) in [4.78, 5) is 10.3. The van der Waals surface area contributed by atoms with Crippen molar-refractivity contribution in [3.63, 3.8) is 0 Å². The monoisotopic (exact) mass is 111 g/mol. The maximum Gasteiger partial charge on any atom is 0.251 e. The van der Waals surface area contributed by atoms with E-state index in [9.17, 15) is 4.79 Å². The molecule has 0 aromatic rings. The van der Waals surface area contributed by atoms with Crippen molar-refractivity contribution in [3.8, 4) is 0 Å².